The first kappa shape index (κ1) is 9.38. The Kier molecular flexibility index (Phi) is 3.53. The minimum Gasteiger partial charge on any atom is -0.146 e. The first-order valence-corrected chi connectivity index (χ1v) is 6.96. The fourth-order valence-corrected chi connectivity index (χ4v) is 4.06. The molecule has 2 heterocycles. The van der Waals surface area contributed by atoms with Crippen molar-refractivity contribution >= 4 is 46.2 Å². The molecule has 13 heavy (non-hydrogen) atoms. The second-order valence-corrected chi connectivity index (χ2v) is 6.29. The molecule has 68 valence electrons. The summed E-state index contributed by atoms with van der Waals surface area (Å²) in [5.41, 5.74) is 3.47. The van der Waals surface area contributed by atoms with Gasteiger partial charge < -0.3 is 0 Å². The van der Waals surface area contributed by atoms with Crippen LogP contribution >= 0.6 is 46.2 Å². The van der Waals surface area contributed by atoms with E-state index in [1.165, 1.54) is 0 Å². The lowest BCUT2D eigenvalue weighted by Crippen LogP contribution is -1.74. The Labute approximate surface area is 91.2 Å². The molecule has 0 N–H and O–H groups in total. The van der Waals surface area contributed by atoms with Crippen LogP contribution in [0.3, 0.4) is 0 Å². The Morgan fingerprint density at radius 2 is 1.54 bits per heavy atom. The largest absolute Gasteiger partial charge is 0.174 e. The first-order valence-electron chi connectivity index (χ1n) is 3.23. The lowest BCUT2D eigenvalue weighted by molar-refractivity contribution is 1.01. The van der Waals surface area contributed by atoms with Crippen LogP contribution in [-0.4, -0.2) is 25.5 Å². The van der Waals surface area contributed by atoms with Crippen LogP contribution in [0.4, 0.5) is 0 Å². The molecule has 0 atom stereocenters. The van der Waals surface area contributed by atoms with Crippen LogP contribution in [0.25, 0.3) is 0 Å². The summed E-state index contributed by atoms with van der Waals surface area (Å²) in [7, 11) is 0. The van der Waals surface area contributed by atoms with E-state index < -0.39 is 0 Å². The quantitative estimate of drug-likeness (QED) is 0.611. The molecule has 0 aliphatic heterocycles. The third kappa shape index (κ3) is 2.90. The van der Waals surface area contributed by atoms with E-state index >= 15 is 0 Å². The van der Waals surface area contributed by atoms with E-state index in [1.54, 1.807) is 57.2 Å². The van der Waals surface area contributed by atoms with E-state index in [4.69, 9.17) is 0 Å². The normalized spacial score (nSPS) is 10.5. The molecule has 0 fully saturated rings. The number of aromatic nitrogens is 4. The van der Waals surface area contributed by atoms with Gasteiger partial charge in [-0.2, -0.15) is 0 Å². The molecule has 0 aromatic carbocycles. The van der Waals surface area contributed by atoms with Gasteiger partial charge in [-0.1, -0.05) is 46.2 Å². The molecule has 0 aliphatic carbocycles. The van der Waals surface area contributed by atoms with Gasteiger partial charge in [0.05, 0.1) is 5.08 Å². The summed E-state index contributed by atoms with van der Waals surface area (Å²) >= 11 is 6.45. The second kappa shape index (κ2) is 4.89. The molecule has 0 aliphatic rings. The third-order valence-electron chi connectivity index (χ3n) is 1.04. The van der Waals surface area contributed by atoms with Crippen LogP contribution < -0.4 is 0 Å². The summed E-state index contributed by atoms with van der Waals surface area (Å²) in [4.78, 5) is 0. The summed E-state index contributed by atoms with van der Waals surface area (Å²) < 4.78 is 1.99. The van der Waals surface area contributed by atoms with Gasteiger partial charge >= 0.3 is 0 Å². The molecule has 4 nitrogen and oxygen atoms in total. The topological polar surface area (TPSA) is 51.6 Å². The Bertz CT molecular complexity index is 297. The molecular weight excluding hydrogens is 244 g/mol. The minimum atomic E-state index is 0.907. The number of rotatable bonds is 4. The van der Waals surface area contributed by atoms with Gasteiger partial charge in [0.1, 0.15) is 11.0 Å². The van der Waals surface area contributed by atoms with Crippen molar-refractivity contribution in [3.05, 3.63) is 11.0 Å². The van der Waals surface area contributed by atoms with Crippen molar-refractivity contribution in [3.8, 4) is 0 Å². The number of hydrogen-bond acceptors (Lipinski definition) is 8. The van der Waals surface area contributed by atoms with E-state index in [1.807, 2.05) is 0 Å². The van der Waals surface area contributed by atoms with Crippen molar-refractivity contribution in [1.82, 2.24) is 20.4 Å². The van der Waals surface area contributed by atoms with E-state index in [0.29, 0.717) is 0 Å². The maximum absolute atomic E-state index is 3.92. The van der Waals surface area contributed by atoms with Crippen LogP contribution in [0.1, 0.15) is 0 Å². The molecule has 2 rings (SSSR count). The Hall–Kier alpha value is -0.180. The molecule has 2 aromatic rings. The molecule has 0 amide bonds. The van der Waals surface area contributed by atoms with Gasteiger partial charge in [-0.3, -0.25) is 0 Å². The number of hydrogen-bond donors (Lipinski definition) is 0. The molecule has 8 heteroatoms. The molecule has 2 aromatic heterocycles. The lowest BCUT2D eigenvalue weighted by atomic mass is 11.6. The highest BCUT2D eigenvalue weighted by Crippen LogP contribution is 2.28. The monoisotopic (exact) mass is 248 g/mol. The van der Waals surface area contributed by atoms with Gasteiger partial charge in [0.15, 0.2) is 8.68 Å². The van der Waals surface area contributed by atoms with Gasteiger partial charge in [-0.05, 0) is 0 Å². The number of nitrogens with zero attached hydrogens (tertiary/aromatic N) is 4. The zero-order valence-corrected chi connectivity index (χ0v) is 9.55. The van der Waals surface area contributed by atoms with Crippen LogP contribution in [0.5, 0.6) is 0 Å². The van der Waals surface area contributed by atoms with Crippen LogP contribution in [0.15, 0.2) is 19.7 Å². The Balaban J connectivity index is 1.76. The van der Waals surface area contributed by atoms with Crippen molar-refractivity contribution in [2.24, 2.45) is 0 Å². The fraction of sp³-hybridized carbons (Fsp3) is 0.200. The number of thioether (sulfide) groups is 2. The highest BCUT2D eigenvalue weighted by Gasteiger charge is 2.00. The fourth-order valence-electron chi connectivity index (χ4n) is 0.582. The molecule has 0 spiro atoms. The Morgan fingerprint density at radius 3 is 1.92 bits per heavy atom. The molecule has 0 saturated heterocycles. The Morgan fingerprint density at radius 1 is 1.00 bits per heavy atom. The van der Waals surface area contributed by atoms with E-state index in [9.17, 15) is 0 Å². The van der Waals surface area contributed by atoms with Crippen molar-refractivity contribution in [1.29, 1.82) is 0 Å². The van der Waals surface area contributed by atoms with Crippen molar-refractivity contribution in [2.75, 3.05) is 5.08 Å². The molecule has 0 saturated carbocycles. The van der Waals surface area contributed by atoms with Crippen LogP contribution in [-0.2, 0) is 0 Å². The smallest absolute Gasteiger partial charge is 0.146 e. The zero-order valence-electron chi connectivity index (χ0n) is 6.28. The third-order valence-corrected chi connectivity index (χ3v) is 4.90. The molecular formula is C5H4N4S4. The second-order valence-electron chi connectivity index (χ2n) is 1.82. The summed E-state index contributed by atoms with van der Waals surface area (Å²) in [6.45, 7) is 0. The average molecular weight is 248 g/mol. The van der Waals surface area contributed by atoms with Gasteiger partial charge in [-0.15, -0.1) is 20.4 Å². The maximum atomic E-state index is 3.92. The highest BCUT2D eigenvalue weighted by molar-refractivity contribution is 8.17. The molecule has 0 unspecified atom stereocenters. The van der Waals surface area contributed by atoms with Gasteiger partial charge in [0.25, 0.3) is 0 Å². The SMILES string of the molecule is c1nnc(SCSc2nncs2)s1. The predicted molar refractivity (Wildman–Crippen MR) is 56.4 cm³/mol. The zero-order chi connectivity index (χ0) is 8.93. The summed E-state index contributed by atoms with van der Waals surface area (Å²) in [6, 6.07) is 0. The van der Waals surface area contributed by atoms with E-state index in [0.717, 1.165) is 13.8 Å². The van der Waals surface area contributed by atoms with E-state index in [2.05, 4.69) is 20.4 Å². The van der Waals surface area contributed by atoms with Gasteiger partial charge in [-0.25, -0.2) is 0 Å². The standard InChI is InChI=1S/C5H4N4S4/c1-6-8-4(10-1)12-3-13-5-9-7-2-11-5/h1-2H,3H2. The first-order chi connectivity index (χ1) is 6.45. The summed E-state index contributed by atoms with van der Waals surface area (Å²) in [6.07, 6.45) is 0. The molecule has 0 bridgehead atoms. The van der Waals surface area contributed by atoms with Crippen molar-refractivity contribution < 1.29 is 0 Å². The predicted octanol–water partition coefficient (Wildman–Crippen LogP) is 2.23. The average Bonchev–Trinajstić information content (AvgIpc) is 2.75. The minimum absolute atomic E-state index is 0.907. The molecule has 0 radical (unpaired) electrons. The van der Waals surface area contributed by atoms with Crippen LogP contribution in [0.2, 0.25) is 0 Å². The van der Waals surface area contributed by atoms with Crippen LogP contribution in [0, 0.1) is 0 Å². The summed E-state index contributed by atoms with van der Waals surface area (Å²) in [5.74, 6) is 0. The van der Waals surface area contributed by atoms with Crippen molar-refractivity contribution in [3.63, 3.8) is 0 Å². The lowest BCUT2D eigenvalue weighted by Gasteiger charge is -1.91. The van der Waals surface area contributed by atoms with Crippen molar-refractivity contribution in [2.45, 2.75) is 8.68 Å². The highest BCUT2D eigenvalue weighted by atomic mass is 32.2. The summed E-state index contributed by atoms with van der Waals surface area (Å²) in [5, 5.41) is 16.3. The van der Waals surface area contributed by atoms with Gasteiger partial charge in [0, 0.05) is 0 Å². The van der Waals surface area contributed by atoms with E-state index in [-0.39, 0.29) is 0 Å². The maximum Gasteiger partial charge on any atom is 0.174 e. The van der Waals surface area contributed by atoms with Gasteiger partial charge in [0.2, 0.25) is 0 Å².